The van der Waals surface area contributed by atoms with Gasteiger partial charge in [-0.2, -0.15) is 0 Å². The summed E-state index contributed by atoms with van der Waals surface area (Å²) in [5.41, 5.74) is 32.2. The van der Waals surface area contributed by atoms with Crippen molar-refractivity contribution in [2.75, 3.05) is 0 Å². The van der Waals surface area contributed by atoms with Gasteiger partial charge >= 0.3 is 0 Å². The number of rotatable bonds is 0. The number of fused-ring (bicyclic) bond motifs is 6. The lowest BCUT2D eigenvalue weighted by Gasteiger charge is -2.16. The molecule has 1 atom stereocenters. The first-order chi connectivity index (χ1) is 41.4. The largest absolute Gasteiger partial charge is 0.0995 e. The molecule has 0 aromatic heterocycles. The van der Waals surface area contributed by atoms with Crippen LogP contribution in [0.2, 0.25) is 0 Å². The van der Waals surface area contributed by atoms with Gasteiger partial charge in [-0.05, 0) is 200 Å². The average Bonchev–Trinajstić information content (AvgIpc) is 4.58. The highest BCUT2D eigenvalue weighted by Gasteiger charge is 2.19. The van der Waals surface area contributed by atoms with Crippen LogP contribution in [0.5, 0.6) is 0 Å². The Balaban J connectivity index is 0.000000115. The Kier molecular flexibility index (Phi) is 21.1. The Bertz CT molecular complexity index is 3790. The highest BCUT2D eigenvalue weighted by molar-refractivity contribution is 5.88. The fraction of sp³-hybridized carbons (Fsp3) is 0.153. The minimum Gasteiger partial charge on any atom is -0.0995 e. The van der Waals surface area contributed by atoms with Crippen LogP contribution in [0, 0.1) is 5.92 Å². The number of allylic oxidation sites excluding steroid dienone is 32. The summed E-state index contributed by atoms with van der Waals surface area (Å²) in [4.78, 5) is 0. The molecule has 0 radical (unpaired) electrons. The van der Waals surface area contributed by atoms with Gasteiger partial charge in [-0.1, -0.05) is 307 Å². The molecule has 12 aliphatic carbocycles. The van der Waals surface area contributed by atoms with Gasteiger partial charge in [-0.15, -0.1) is 0 Å². The summed E-state index contributed by atoms with van der Waals surface area (Å²) >= 11 is 0. The summed E-state index contributed by atoms with van der Waals surface area (Å²) in [6.07, 6.45) is 53.7. The van der Waals surface area contributed by atoms with E-state index >= 15 is 0 Å². The monoisotopic (exact) mass is 1100 g/mol. The highest BCUT2D eigenvalue weighted by Crippen LogP contribution is 2.35. The molecular formula is C85H82. The Morgan fingerprint density at radius 1 is 0.353 bits per heavy atom. The predicted octanol–water partition coefficient (Wildman–Crippen LogP) is 22.1. The minimum absolute atomic E-state index is 0.553. The summed E-state index contributed by atoms with van der Waals surface area (Å²) in [7, 11) is 0. The molecule has 1 unspecified atom stereocenters. The van der Waals surface area contributed by atoms with Gasteiger partial charge in [0.25, 0.3) is 0 Å². The molecule has 0 heteroatoms. The van der Waals surface area contributed by atoms with E-state index in [1.807, 2.05) is 42.5 Å². The van der Waals surface area contributed by atoms with Gasteiger partial charge in [0.2, 0.25) is 0 Å². The fourth-order valence-electron chi connectivity index (χ4n) is 11.9. The van der Waals surface area contributed by atoms with Crippen molar-refractivity contribution in [2.45, 2.75) is 77.0 Å². The van der Waals surface area contributed by atoms with E-state index in [0.29, 0.717) is 5.92 Å². The summed E-state index contributed by atoms with van der Waals surface area (Å²) in [5, 5.41) is 0. The molecule has 0 spiro atoms. The third kappa shape index (κ3) is 16.5. The second-order valence-electron chi connectivity index (χ2n) is 22.9. The van der Waals surface area contributed by atoms with E-state index in [0.717, 1.165) is 49.7 Å². The second kappa shape index (κ2) is 29.8. The zero-order valence-corrected chi connectivity index (χ0v) is 49.9. The van der Waals surface area contributed by atoms with Gasteiger partial charge in [0, 0.05) is 5.92 Å². The van der Waals surface area contributed by atoms with Gasteiger partial charge in [-0.25, -0.2) is 0 Å². The Hall–Kier alpha value is -9.36. The predicted molar refractivity (Wildman–Crippen MR) is 372 cm³/mol. The van der Waals surface area contributed by atoms with E-state index in [4.69, 9.17) is 0 Å². The molecule has 0 amide bonds. The molecule has 0 saturated carbocycles. The SMILES string of the molecule is C=C1C=CC2=C1C=CC2.C=C1C=CC2=C1CC=C2.C=C1C=CC2C=CC=C12.C=C1C=CC=C1.C=C1C=Cc2ccccc21.C=C1CCCc2ccccc21.C=C1CCc2ccccc21.C=C1CCc2ccccc2C1.C=C1Cc2ccccc2C1. The first kappa shape index (κ1) is 60.2. The molecule has 5 aromatic carbocycles. The van der Waals surface area contributed by atoms with Crippen molar-refractivity contribution in [1.29, 1.82) is 0 Å². The standard InChI is InChI=1S/2C11H12.2C10H10.C10H8.3C9H8.C6H6/c1-9-5-4-7-10-6-2-3-8-11(9)10;1-9-6-7-10-4-2-3-5-11(10)8-9;1-8-6-9-4-2-3-5-10(9)7-8;2*1-8-6-7-9-4-2-3-5-10(8)9;3*1-7-5-6-8-3-2-4-9(7)8;1-6-4-2-3-5-6/h2-3,6,8H,1,4-5,7H2;2-5H,1,6-8H2;2*2-5H,1,6-7H2;2-7H,1H2;2,4-6H,1,3H2;2-3,5-6H,1,4H2;2-6,8H,1H2;2-5H,1H2. The topological polar surface area (TPSA) is 0 Å². The summed E-state index contributed by atoms with van der Waals surface area (Å²) < 4.78 is 0. The third-order valence-corrected chi connectivity index (χ3v) is 16.7. The van der Waals surface area contributed by atoms with E-state index in [2.05, 4.69) is 253 Å². The van der Waals surface area contributed by atoms with E-state index in [1.54, 1.807) is 0 Å². The van der Waals surface area contributed by atoms with Gasteiger partial charge < -0.3 is 0 Å². The highest BCUT2D eigenvalue weighted by atomic mass is 14.2. The van der Waals surface area contributed by atoms with Gasteiger partial charge in [-0.3, -0.25) is 0 Å². The second-order valence-corrected chi connectivity index (χ2v) is 22.9. The number of hydrogen-bond donors (Lipinski definition) is 0. The molecule has 0 aliphatic heterocycles. The van der Waals surface area contributed by atoms with Crippen LogP contribution in [0.1, 0.15) is 94.2 Å². The average molecular weight is 1100 g/mol. The van der Waals surface area contributed by atoms with Crippen molar-refractivity contribution in [3.05, 3.63) is 407 Å². The van der Waals surface area contributed by atoms with Crippen molar-refractivity contribution < 1.29 is 0 Å². The van der Waals surface area contributed by atoms with E-state index in [1.165, 1.54) is 161 Å². The first-order valence-corrected chi connectivity index (χ1v) is 30.2. The molecule has 12 aliphatic rings. The van der Waals surface area contributed by atoms with Crippen LogP contribution < -0.4 is 0 Å². The summed E-state index contributed by atoms with van der Waals surface area (Å²) in [6.45, 7) is 35.3. The molecule has 85 heavy (non-hydrogen) atoms. The van der Waals surface area contributed by atoms with Crippen LogP contribution in [-0.4, -0.2) is 0 Å². The number of hydrogen-bond acceptors (Lipinski definition) is 0. The lowest BCUT2D eigenvalue weighted by molar-refractivity contribution is 0.823. The van der Waals surface area contributed by atoms with E-state index in [9.17, 15) is 0 Å². The molecule has 0 heterocycles. The van der Waals surface area contributed by atoms with Crippen LogP contribution in [0.4, 0.5) is 0 Å². The van der Waals surface area contributed by atoms with Crippen LogP contribution in [-0.2, 0) is 38.5 Å². The van der Waals surface area contributed by atoms with Crippen LogP contribution in [0.15, 0.2) is 351 Å². The molecule has 0 N–H and O–H groups in total. The number of aryl methyl sites for hydroxylation is 3. The Labute approximate surface area is 509 Å². The molecule has 422 valence electrons. The van der Waals surface area contributed by atoms with Gasteiger partial charge in [0.05, 0.1) is 0 Å². The zero-order valence-electron chi connectivity index (χ0n) is 49.9. The Morgan fingerprint density at radius 3 is 1.52 bits per heavy atom. The molecule has 17 rings (SSSR count). The van der Waals surface area contributed by atoms with Crippen LogP contribution in [0.3, 0.4) is 0 Å². The van der Waals surface area contributed by atoms with Crippen LogP contribution >= 0.6 is 0 Å². The molecule has 0 fully saturated rings. The maximum Gasteiger partial charge on any atom is 0.0210 e. The fourth-order valence-corrected chi connectivity index (χ4v) is 11.9. The minimum atomic E-state index is 0.553. The van der Waals surface area contributed by atoms with Crippen molar-refractivity contribution >= 4 is 22.8 Å². The quantitative estimate of drug-likeness (QED) is 0.136. The van der Waals surface area contributed by atoms with Crippen LogP contribution in [0.25, 0.3) is 22.8 Å². The molecular weight excluding hydrogens is 1020 g/mol. The lowest BCUT2D eigenvalue weighted by atomic mass is 9.88. The molecule has 0 saturated heterocycles. The van der Waals surface area contributed by atoms with Crippen molar-refractivity contribution in [2.24, 2.45) is 5.92 Å². The molecule has 0 bridgehead atoms. The zero-order chi connectivity index (χ0) is 59.5. The third-order valence-electron chi connectivity index (χ3n) is 16.7. The van der Waals surface area contributed by atoms with Gasteiger partial charge in [0.1, 0.15) is 0 Å². The first-order valence-electron chi connectivity index (χ1n) is 30.2. The van der Waals surface area contributed by atoms with Crippen molar-refractivity contribution in [3.8, 4) is 0 Å². The smallest absolute Gasteiger partial charge is 0.0210 e. The maximum atomic E-state index is 4.06. The van der Waals surface area contributed by atoms with E-state index in [-0.39, 0.29) is 0 Å². The summed E-state index contributed by atoms with van der Waals surface area (Å²) in [6, 6.07) is 42.6. The maximum absolute atomic E-state index is 4.06. The normalized spacial score (nSPS) is 18.4. The molecule has 0 nitrogen and oxygen atoms in total. The Morgan fingerprint density at radius 2 is 0.906 bits per heavy atom. The van der Waals surface area contributed by atoms with E-state index < -0.39 is 0 Å². The summed E-state index contributed by atoms with van der Waals surface area (Å²) in [5.74, 6) is 0.553. The molecule has 5 aromatic rings. The van der Waals surface area contributed by atoms with Gasteiger partial charge in [0.15, 0.2) is 0 Å². The lowest BCUT2D eigenvalue weighted by Crippen LogP contribution is -2.03. The van der Waals surface area contributed by atoms with Crippen molar-refractivity contribution in [1.82, 2.24) is 0 Å². The van der Waals surface area contributed by atoms with Crippen molar-refractivity contribution in [3.63, 3.8) is 0 Å². The number of benzene rings is 5.